The monoisotopic (exact) mass is 289 g/mol. The molecule has 1 unspecified atom stereocenters. The molecule has 0 amide bonds. The number of hydrogen-bond donors (Lipinski definition) is 1. The molecular formula is C16H19NO4. The molecule has 0 bridgehead atoms. The molecule has 0 fully saturated rings. The van der Waals surface area contributed by atoms with Crippen molar-refractivity contribution < 1.29 is 18.7 Å². The standard InChI is InChI=1S/C16H19NO4/c1-11(12-5-4-6-14(7-12)19-2)17-9-15-8-13(10-21-15)16(18)20-3/h4-8,10-11,17H,9H2,1-3H3. The van der Waals surface area contributed by atoms with Crippen LogP contribution in [0.3, 0.4) is 0 Å². The van der Waals surface area contributed by atoms with Gasteiger partial charge in [0.25, 0.3) is 0 Å². The summed E-state index contributed by atoms with van der Waals surface area (Å²) in [6.45, 7) is 2.58. The van der Waals surface area contributed by atoms with Gasteiger partial charge in [-0.15, -0.1) is 0 Å². The molecule has 0 saturated heterocycles. The minimum atomic E-state index is -0.397. The van der Waals surface area contributed by atoms with Gasteiger partial charge in [0, 0.05) is 6.04 Å². The summed E-state index contributed by atoms with van der Waals surface area (Å²) in [5.41, 5.74) is 1.54. The third kappa shape index (κ3) is 3.86. The highest BCUT2D eigenvalue weighted by molar-refractivity contribution is 5.88. The molecule has 2 aromatic rings. The van der Waals surface area contributed by atoms with Gasteiger partial charge in [0.2, 0.25) is 0 Å². The van der Waals surface area contributed by atoms with Crippen LogP contribution in [0.15, 0.2) is 41.0 Å². The van der Waals surface area contributed by atoms with E-state index in [1.807, 2.05) is 24.3 Å². The SMILES string of the molecule is COC(=O)c1coc(CNC(C)c2cccc(OC)c2)c1. The topological polar surface area (TPSA) is 60.7 Å². The fourth-order valence-electron chi connectivity index (χ4n) is 1.98. The maximum absolute atomic E-state index is 11.3. The van der Waals surface area contributed by atoms with Crippen molar-refractivity contribution in [1.29, 1.82) is 0 Å². The molecule has 112 valence electrons. The maximum atomic E-state index is 11.3. The summed E-state index contributed by atoms with van der Waals surface area (Å²) < 4.78 is 15.2. The van der Waals surface area contributed by atoms with Gasteiger partial charge < -0.3 is 19.2 Å². The zero-order valence-corrected chi connectivity index (χ0v) is 12.4. The second kappa shape index (κ2) is 6.95. The van der Waals surface area contributed by atoms with Gasteiger partial charge >= 0.3 is 5.97 Å². The zero-order valence-electron chi connectivity index (χ0n) is 12.4. The predicted octanol–water partition coefficient (Wildman–Crippen LogP) is 2.93. The van der Waals surface area contributed by atoms with E-state index >= 15 is 0 Å². The fourth-order valence-corrected chi connectivity index (χ4v) is 1.98. The maximum Gasteiger partial charge on any atom is 0.341 e. The van der Waals surface area contributed by atoms with E-state index in [2.05, 4.69) is 17.0 Å². The molecule has 1 aromatic carbocycles. The number of carbonyl (C=O) groups is 1. The Balaban J connectivity index is 1.95. The number of rotatable bonds is 6. The number of nitrogens with one attached hydrogen (secondary N) is 1. The Labute approximate surface area is 123 Å². The van der Waals surface area contributed by atoms with E-state index in [0.717, 1.165) is 11.3 Å². The summed E-state index contributed by atoms with van der Waals surface area (Å²) >= 11 is 0. The third-order valence-corrected chi connectivity index (χ3v) is 3.25. The van der Waals surface area contributed by atoms with Crippen molar-refractivity contribution in [2.45, 2.75) is 19.5 Å². The molecule has 1 heterocycles. The van der Waals surface area contributed by atoms with Gasteiger partial charge in [0.1, 0.15) is 17.8 Å². The van der Waals surface area contributed by atoms with Gasteiger partial charge in [-0.2, -0.15) is 0 Å². The minimum absolute atomic E-state index is 0.131. The van der Waals surface area contributed by atoms with Crippen LogP contribution in [-0.2, 0) is 11.3 Å². The second-order valence-corrected chi connectivity index (χ2v) is 4.67. The highest BCUT2D eigenvalue weighted by atomic mass is 16.5. The van der Waals surface area contributed by atoms with E-state index in [1.165, 1.54) is 13.4 Å². The van der Waals surface area contributed by atoms with Crippen molar-refractivity contribution in [3.8, 4) is 5.75 Å². The number of furan rings is 1. The fraction of sp³-hybridized carbons (Fsp3) is 0.312. The van der Waals surface area contributed by atoms with E-state index in [1.54, 1.807) is 13.2 Å². The van der Waals surface area contributed by atoms with E-state index in [0.29, 0.717) is 17.9 Å². The zero-order chi connectivity index (χ0) is 15.2. The normalized spacial score (nSPS) is 12.0. The number of hydrogen-bond acceptors (Lipinski definition) is 5. The van der Waals surface area contributed by atoms with Crippen molar-refractivity contribution >= 4 is 5.97 Å². The minimum Gasteiger partial charge on any atom is -0.497 e. The van der Waals surface area contributed by atoms with Crippen LogP contribution in [0.25, 0.3) is 0 Å². The molecule has 5 heteroatoms. The van der Waals surface area contributed by atoms with E-state index in [9.17, 15) is 4.79 Å². The van der Waals surface area contributed by atoms with Gasteiger partial charge in [-0.05, 0) is 30.7 Å². The summed E-state index contributed by atoms with van der Waals surface area (Å²) in [5.74, 6) is 1.11. The van der Waals surface area contributed by atoms with Crippen LogP contribution in [0.2, 0.25) is 0 Å². The van der Waals surface area contributed by atoms with Gasteiger partial charge in [-0.3, -0.25) is 0 Å². The molecule has 1 atom stereocenters. The number of benzene rings is 1. The van der Waals surface area contributed by atoms with Crippen LogP contribution in [0.5, 0.6) is 5.75 Å². The van der Waals surface area contributed by atoms with Crippen molar-refractivity contribution in [3.63, 3.8) is 0 Å². The molecule has 21 heavy (non-hydrogen) atoms. The van der Waals surface area contributed by atoms with Crippen LogP contribution in [0.4, 0.5) is 0 Å². The van der Waals surface area contributed by atoms with E-state index in [4.69, 9.17) is 9.15 Å². The van der Waals surface area contributed by atoms with E-state index < -0.39 is 5.97 Å². The highest BCUT2D eigenvalue weighted by Crippen LogP contribution is 2.19. The average Bonchev–Trinajstić information content (AvgIpc) is 3.00. The summed E-state index contributed by atoms with van der Waals surface area (Å²) in [5, 5.41) is 3.34. The predicted molar refractivity (Wildman–Crippen MR) is 78.3 cm³/mol. The van der Waals surface area contributed by atoms with Crippen LogP contribution in [0, 0.1) is 0 Å². The first-order valence-electron chi connectivity index (χ1n) is 6.67. The van der Waals surface area contributed by atoms with Crippen LogP contribution in [-0.4, -0.2) is 20.2 Å². The Bertz CT molecular complexity index is 606. The quantitative estimate of drug-likeness (QED) is 0.828. The lowest BCUT2D eigenvalue weighted by Crippen LogP contribution is -2.17. The van der Waals surface area contributed by atoms with Gasteiger partial charge in [0.05, 0.1) is 26.3 Å². The summed E-state index contributed by atoms with van der Waals surface area (Å²) in [6, 6.07) is 9.69. The molecule has 0 spiro atoms. The van der Waals surface area contributed by atoms with Crippen LogP contribution < -0.4 is 10.1 Å². The van der Waals surface area contributed by atoms with Gasteiger partial charge in [-0.25, -0.2) is 4.79 Å². The summed E-state index contributed by atoms with van der Waals surface area (Å²) in [6.07, 6.45) is 1.40. The highest BCUT2D eigenvalue weighted by Gasteiger charge is 2.11. The number of ether oxygens (including phenoxy) is 2. The second-order valence-electron chi connectivity index (χ2n) is 4.67. The number of methoxy groups -OCH3 is 2. The van der Waals surface area contributed by atoms with Crippen molar-refractivity contribution in [1.82, 2.24) is 5.32 Å². The average molecular weight is 289 g/mol. The van der Waals surface area contributed by atoms with Crippen molar-refractivity contribution in [3.05, 3.63) is 53.5 Å². The molecule has 1 N–H and O–H groups in total. The lowest BCUT2D eigenvalue weighted by Gasteiger charge is -2.14. The molecule has 0 radical (unpaired) electrons. The third-order valence-electron chi connectivity index (χ3n) is 3.25. The molecule has 0 saturated carbocycles. The molecule has 0 aliphatic carbocycles. The lowest BCUT2D eigenvalue weighted by atomic mass is 10.1. The first-order valence-corrected chi connectivity index (χ1v) is 6.67. The van der Waals surface area contributed by atoms with Crippen LogP contribution in [0.1, 0.15) is 34.6 Å². The Kier molecular flexibility index (Phi) is 5.00. The first kappa shape index (κ1) is 15.1. The molecule has 5 nitrogen and oxygen atoms in total. The van der Waals surface area contributed by atoms with Crippen molar-refractivity contribution in [2.24, 2.45) is 0 Å². The van der Waals surface area contributed by atoms with Gasteiger partial charge in [0.15, 0.2) is 0 Å². The Morgan fingerprint density at radius 3 is 2.86 bits per heavy atom. The van der Waals surface area contributed by atoms with Gasteiger partial charge in [-0.1, -0.05) is 12.1 Å². The lowest BCUT2D eigenvalue weighted by molar-refractivity contribution is 0.0600. The Hall–Kier alpha value is -2.27. The summed E-state index contributed by atoms with van der Waals surface area (Å²) in [4.78, 5) is 11.3. The van der Waals surface area contributed by atoms with Crippen molar-refractivity contribution in [2.75, 3.05) is 14.2 Å². The first-order chi connectivity index (χ1) is 10.1. The smallest absolute Gasteiger partial charge is 0.341 e. The Morgan fingerprint density at radius 2 is 2.14 bits per heavy atom. The largest absolute Gasteiger partial charge is 0.497 e. The van der Waals surface area contributed by atoms with Crippen LogP contribution >= 0.6 is 0 Å². The summed E-state index contributed by atoms with van der Waals surface area (Å²) in [7, 11) is 2.99. The number of carbonyl (C=O) groups excluding carboxylic acids is 1. The van der Waals surface area contributed by atoms with E-state index in [-0.39, 0.29) is 6.04 Å². The molecular weight excluding hydrogens is 270 g/mol. The molecule has 0 aliphatic rings. The molecule has 1 aromatic heterocycles. The molecule has 2 rings (SSSR count). The Morgan fingerprint density at radius 1 is 1.33 bits per heavy atom. The number of esters is 1. The molecule has 0 aliphatic heterocycles.